The van der Waals surface area contributed by atoms with E-state index in [2.05, 4.69) is 106 Å². The zero-order valence-corrected chi connectivity index (χ0v) is 28.8. The minimum Gasteiger partial charge on any atom is -0.235 e. The smallest absolute Gasteiger partial charge is 0.126 e. The third-order valence-electron chi connectivity index (χ3n) is 5.41. The summed E-state index contributed by atoms with van der Waals surface area (Å²) in [5.74, 6) is 0. The molecular weight excluding hydrogens is 851 g/mol. The molecule has 0 saturated heterocycles. The van der Waals surface area contributed by atoms with Crippen LogP contribution in [-0.2, 0) is 0 Å². The van der Waals surface area contributed by atoms with Gasteiger partial charge in [0.05, 0.1) is 57.3 Å². The standard InChI is InChI=1S/C22H8Br3IN2S6/c1-5-27-21(25)19(29-5)17-11(23)15-13(33-17)7-3-10-8(4-9(7)31-15)14-16(32-10)12(24)18(34-14)20-22(26)28-6(2)30-20/h3-4H,1-2H3. The van der Waals surface area contributed by atoms with Gasteiger partial charge in [-0.25, -0.2) is 9.97 Å². The van der Waals surface area contributed by atoms with E-state index in [-0.39, 0.29) is 0 Å². The van der Waals surface area contributed by atoms with Crippen LogP contribution in [0.4, 0.5) is 0 Å². The van der Waals surface area contributed by atoms with Gasteiger partial charge in [0.2, 0.25) is 0 Å². The lowest BCUT2D eigenvalue weighted by Crippen LogP contribution is -1.73. The molecule has 6 aromatic heterocycles. The summed E-state index contributed by atoms with van der Waals surface area (Å²) >= 11 is 24.9. The van der Waals surface area contributed by atoms with Crippen LogP contribution in [0.25, 0.3) is 58.5 Å². The zero-order chi connectivity index (χ0) is 23.5. The summed E-state index contributed by atoms with van der Waals surface area (Å²) in [5, 5.41) is 4.88. The van der Waals surface area contributed by atoms with Crippen molar-refractivity contribution in [1.82, 2.24) is 9.97 Å². The molecule has 0 bridgehead atoms. The number of hydrogen-bond donors (Lipinski definition) is 0. The molecule has 0 spiro atoms. The van der Waals surface area contributed by atoms with Crippen molar-refractivity contribution in [3.63, 3.8) is 0 Å². The third-order valence-corrected chi connectivity index (χ3v) is 17.3. The predicted octanol–water partition coefficient (Wildman–Crippen LogP) is 12.3. The van der Waals surface area contributed by atoms with Gasteiger partial charge >= 0.3 is 0 Å². The number of nitrogens with zero attached hydrogens (tertiary/aromatic N) is 2. The van der Waals surface area contributed by atoms with Crippen LogP contribution in [0.3, 0.4) is 0 Å². The quantitative estimate of drug-likeness (QED) is 0.162. The number of thiophene rings is 4. The highest BCUT2D eigenvalue weighted by atomic mass is 127. The summed E-state index contributed by atoms with van der Waals surface area (Å²) in [6.45, 7) is 4.13. The van der Waals surface area contributed by atoms with Crippen molar-refractivity contribution >= 4 is 177 Å². The van der Waals surface area contributed by atoms with E-state index in [1.807, 2.05) is 45.3 Å². The molecule has 7 rings (SSSR count). The Morgan fingerprint density at radius 1 is 0.618 bits per heavy atom. The van der Waals surface area contributed by atoms with Crippen LogP contribution < -0.4 is 0 Å². The largest absolute Gasteiger partial charge is 0.235 e. The number of hydrogen-bond acceptors (Lipinski definition) is 8. The fourth-order valence-corrected chi connectivity index (χ4v) is 15.6. The highest BCUT2D eigenvalue weighted by Crippen LogP contribution is 2.55. The second-order valence-electron chi connectivity index (χ2n) is 7.56. The maximum Gasteiger partial charge on any atom is 0.126 e. The molecule has 0 aliphatic rings. The highest BCUT2D eigenvalue weighted by molar-refractivity contribution is 14.1. The SMILES string of the molecule is Cc1nc(Br)c(-c2sc3c(sc4cc5c(cc43)sc3c(Br)c(-c4sc(C)nc4I)sc35)c2Br)s1. The first-order valence-corrected chi connectivity index (χ1v) is 18.1. The molecular formula is C22H8Br3IN2S6. The van der Waals surface area contributed by atoms with Crippen LogP contribution in [0, 0.1) is 17.5 Å². The van der Waals surface area contributed by atoms with E-state index >= 15 is 0 Å². The van der Waals surface area contributed by atoms with E-state index in [1.54, 1.807) is 22.7 Å². The summed E-state index contributed by atoms with van der Waals surface area (Å²) in [5.41, 5.74) is 0. The molecule has 0 N–H and O–H groups in total. The monoisotopic (exact) mass is 856 g/mol. The Morgan fingerprint density at radius 3 is 1.59 bits per heavy atom. The summed E-state index contributed by atoms with van der Waals surface area (Å²) in [4.78, 5) is 14.2. The Labute approximate surface area is 256 Å². The second kappa shape index (κ2) is 8.50. The molecule has 2 nitrogen and oxygen atoms in total. The summed E-state index contributed by atoms with van der Waals surface area (Å²) in [6.07, 6.45) is 0. The highest BCUT2D eigenvalue weighted by Gasteiger charge is 2.24. The minimum atomic E-state index is 0.932. The molecule has 1 aromatic carbocycles. The first kappa shape index (κ1) is 23.6. The second-order valence-corrected chi connectivity index (χ2v) is 17.5. The Bertz CT molecular complexity index is 1810. The first-order chi connectivity index (χ1) is 16.3. The number of aryl methyl sites for hydroxylation is 2. The van der Waals surface area contributed by atoms with Crippen molar-refractivity contribution in [1.29, 1.82) is 0 Å². The zero-order valence-electron chi connectivity index (χ0n) is 17.0. The van der Waals surface area contributed by atoms with Crippen molar-refractivity contribution in [2.24, 2.45) is 0 Å². The maximum atomic E-state index is 4.64. The van der Waals surface area contributed by atoms with Gasteiger partial charge in [-0.15, -0.1) is 68.0 Å². The van der Waals surface area contributed by atoms with Crippen molar-refractivity contribution in [3.05, 3.63) is 39.4 Å². The molecule has 6 heterocycles. The van der Waals surface area contributed by atoms with Gasteiger partial charge in [0.1, 0.15) is 8.30 Å². The topological polar surface area (TPSA) is 25.8 Å². The van der Waals surface area contributed by atoms with Crippen LogP contribution >= 0.6 is 138 Å². The fraction of sp³-hybridized carbons (Fsp3) is 0.0909. The number of fused-ring (bicyclic) bond motifs is 6. The molecule has 0 saturated carbocycles. The van der Waals surface area contributed by atoms with Gasteiger partial charge in [0.25, 0.3) is 0 Å². The number of halogens is 4. The van der Waals surface area contributed by atoms with E-state index in [4.69, 9.17) is 0 Å². The summed E-state index contributed by atoms with van der Waals surface area (Å²) in [6, 6.07) is 4.79. The van der Waals surface area contributed by atoms with E-state index < -0.39 is 0 Å². The Morgan fingerprint density at radius 2 is 1.12 bits per heavy atom. The van der Waals surface area contributed by atoms with Gasteiger partial charge < -0.3 is 0 Å². The van der Waals surface area contributed by atoms with E-state index in [0.29, 0.717) is 0 Å². The maximum absolute atomic E-state index is 4.64. The van der Waals surface area contributed by atoms with Gasteiger partial charge in [0.15, 0.2) is 0 Å². The predicted molar refractivity (Wildman–Crippen MR) is 175 cm³/mol. The molecule has 0 radical (unpaired) electrons. The van der Waals surface area contributed by atoms with E-state index in [1.165, 1.54) is 67.4 Å². The Hall–Kier alpha value is 0.490. The lowest BCUT2D eigenvalue weighted by Gasteiger charge is -1.96. The summed E-state index contributed by atoms with van der Waals surface area (Å²) in [7, 11) is 0. The van der Waals surface area contributed by atoms with Gasteiger partial charge in [-0.05, 0) is 96.4 Å². The van der Waals surface area contributed by atoms with Gasteiger partial charge in [-0.1, -0.05) is 0 Å². The molecule has 7 aromatic rings. The molecule has 0 unspecified atom stereocenters. The first-order valence-electron chi connectivity index (χ1n) is 9.75. The van der Waals surface area contributed by atoms with Crippen molar-refractivity contribution in [3.8, 4) is 19.5 Å². The van der Waals surface area contributed by atoms with Crippen LogP contribution in [-0.4, -0.2) is 9.97 Å². The van der Waals surface area contributed by atoms with Crippen LogP contribution in [0.15, 0.2) is 25.7 Å². The lowest BCUT2D eigenvalue weighted by atomic mass is 10.2. The average molecular weight is 859 g/mol. The molecule has 0 aliphatic carbocycles. The van der Waals surface area contributed by atoms with Crippen LogP contribution in [0.2, 0.25) is 0 Å². The van der Waals surface area contributed by atoms with Crippen molar-refractivity contribution in [2.45, 2.75) is 13.8 Å². The van der Waals surface area contributed by atoms with E-state index in [0.717, 1.165) is 18.3 Å². The average Bonchev–Trinajstić information content (AvgIpc) is 3.59. The molecule has 0 fully saturated rings. The van der Waals surface area contributed by atoms with Gasteiger partial charge in [-0.2, -0.15) is 0 Å². The molecule has 0 amide bonds. The van der Waals surface area contributed by atoms with Crippen LogP contribution in [0.1, 0.15) is 10.0 Å². The minimum absolute atomic E-state index is 0.932. The van der Waals surface area contributed by atoms with Gasteiger partial charge in [0, 0.05) is 20.2 Å². The number of aromatic nitrogens is 2. The Balaban J connectivity index is 1.46. The Kier molecular flexibility index (Phi) is 5.90. The molecule has 0 atom stereocenters. The fourth-order valence-electron chi connectivity index (χ4n) is 4.01. The lowest BCUT2D eigenvalue weighted by molar-refractivity contribution is 1.26. The van der Waals surface area contributed by atoms with Gasteiger partial charge in [-0.3, -0.25) is 0 Å². The number of thiazole rings is 2. The molecule has 12 heteroatoms. The van der Waals surface area contributed by atoms with Crippen molar-refractivity contribution < 1.29 is 0 Å². The summed E-state index contributed by atoms with van der Waals surface area (Å²) < 4.78 is 12.5. The van der Waals surface area contributed by atoms with E-state index in [9.17, 15) is 0 Å². The van der Waals surface area contributed by atoms with Crippen molar-refractivity contribution in [2.75, 3.05) is 0 Å². The number of rotatable bonds is 2. The molecule has 170 valence electrons. The van der Waals surface area contributed by atoms with Crippen LogP contribution in [0.5, 0.6) is 0 Å². The molecule has 34 heavy (non-hydrogen) atoms. The normalized spacial score (nSPS) is 12.4. The molecule has 0 aliphatic heterocycles. The third kappa shape index (κ3) is 3.46. The number of benzene rings is 1.